The maximum atomic E-state index is 11.0. The summed E-state index contributed by atoms with van der Waals surface area (Å²) in [5, 5.41) is 19.6. The van der Waals surface area contributed by atoms with Crippen LogP contribution in [0.5, 0.6) is 0 Å². The highest BCUT2D eigenvalue weighted by Gasteiger charge is 2.43. The Balaban J connectivity index is 2.27. The van der Waals surface area contributed by atoms with Crippen molar-refractivity contribution in [1.29, 1.82) is 0 Å². The zero-order valence-electron chi connectivity index (χ0n) is 10.1. The first-order chi connectivity index (χ1) is 7.92. The number of nitrogens with zero attached hydrogens (tertiary/aromatic N) is 1. The van der Waals surface area contributed by atoms with Crippen LogP contribution in [0.1, 0.15) is 24.5 Å². The van der Waals surface area contributed by atoms with Crippen molar-refractivity contribution in [3.05, 3.63) is 35.4 Å². The summed E-state index contributed by atoms with van der Waals surface area (Å²) in [6.45, 7) is 3.95. The second-order valence-corrected chi connectivity index (χ2v) is 4.86. The maximum Gasteiger partial charge on any atom is 0.407 e. The molecule has 1 aliphatic heterocycles. The number of aryl methyl sites for hydroxylation is 1. The molecular weight excluding hydrogens is 218 g/mol. The first-order valence-corrected chi connectivity index (χ1v) is 5.71. The van der Waals surface area contributed by atoms with Crippen LogP contribution < -0.4 is 0 Å². The highest BCUT2D eigenvalue weighted by atomic mass is 16.4. The van der Waals surface area contributed by atoms with Gasteiger partial charge in [0, 0.05) is 12.5 Å². The van der Waals surface area contributed by atoms with E-state index in [0.717, 1.165) is 11.1 Å². The van der Waals surface area contributed by atoms with Gasteiger partial charge in [-0.1, -0.05) is 29.8 Å². The number of aliphatic hydroxyl groups is 1. The van der Waals surface area contributed by atoms with Crippen LogP contribution in [-0.2, 0) is 5.60 Å². The number of hydrogen-bond acceptors (Lipinski definition) is 2. The Labute approximate surface area is 100 Å². The molecule has 1 aromatic rings. The predicted octanol–water partition coefficient (Wildman–Crippen LogP) is 1.95. The number of likely N-dealkylation sites (tertiary alicyclic amines) is 1. The second-order valence-electron chi connectivity index (χ2n) is 4.86. The van der Waals surface area contributed by atoms with Crippen molar-refractivity contribution in [3.63, 3.8) is 0 Å². The predicted molar refractivity (Wildman–Crippen MR) is 63.9 cm³/mol. The van der Waals surface area contributed by atoms with Crippen LogP contribution in [0.3, 0.4) is 0 Å². The number of hydrogen-bond donors (Lipinski definition) is 2. The summed E-state index contributed by atoms with van der Waals surface area (Å²) in [4.78, 5) is 12.3. The van der Waals surface area contributed by atoms with E-state index in [1.165, 1.54) is 4.90 Å². The van der Waals surface area contributed by atoms with Gasteiger partial charge in [0.05, 0.1) is 6.54 Å². The molecule has 1 saturated heterocycles. The fourth-order valence-corrected chi connectivity index (χ4v) is 2.43. The minimum Gasteiger partial charge on any atom is -0.465 e. The molecule has 1 aliphatic rings. The zero-order valence-corrected chi connectivity index (χ0v) is 10.1. The third kappa shape index (κ3) is 2.13. The van der Waals surface area contributed by atoms with Crippen LogP contribution in [0.2, 0.25) is 0 Å². The van der Waals surface area contributed by atoms with Crippen LogP contribution in [0.4, 0.5) is 4.79 Å². The van der Waals surface area contributed by atoms with Gasteiger partial charge in [-0.25, -0.2) is 4.79 Å². The summed E-state index contributed by atoms with van der Waals surface area (Å²) in [5.41, 5.74) is 0.864. The van der Waals surface area contributed by atoms with Crippen LogP contribution in [-0.4, -0.2) is 33.8 Å². The van der Waals surface area contributed by atoms with Gasteiger partial charge < -0.3 is 15.1 Å². The van der Waals surface area contributed by atoms with Gasteiger partial charge in [-0.15, -0.1) is 0 Å². The van der Waals surface area contributed by atoms with Crippen LogP contribution in [0.15, 0.2) is 24.3 Å². The van der Waals surface area contributed by atoms with Crippen molar-refractivity contribution in [1.82, 2.24) is 4.90 Å². The molecule has 0 aliphatic carbocycles. The Morgan fingerprint density at radius 1 is 1.41 bits per heavy atom. The number of benzene rings is 1. The van der Waals surface area contributed by atoms with Gasteiger partial charge in [-0.05, 0) is 19.4 Å². The largest absolute Gasteiger partial charge is 0.465 e. The Morgan fingerprint density at radius 3 is 2.47 bits per heavy atom. The summed E-state index contributed by atoms with van der Waals surface area (Å²) in [5.74, 6) is 0. The molecule has 2 atom stereocenters. The first kappa shape index (κ1) is 11.9. The van der Waals surface area contributed by atoms with E-state index >= 15 is 0 Å². The SMILES string of the molecule is Cc1ccc(C2(O)C[C@@H](C)N(C(=O)O)C2)cc1. The van der Waals surface area contributed by atoms with Crippen LogP contribution >= 0.6 is 0 Å². The van der Waals surface area contributed by atoms with Crippen LogP contribution in [0, 0.1) is 6.92 Å². The minimum atomic E-state index is -1.05. The molecule has 4 nitrogen and oxygen atoms in total. The molecule has 0 bridgehead atoms. The van der Waals surface area contributed by atoms with E-state index in [2.05, 4.69) is 0 Å². The Bertz CT molecular complexity index is 429. The van der Waals surface area contributed by atoms with Gasteiger partial charge in [0.15, 0.2) is 0 Å². The molecule has 2 N–H and O–H groups in total. The molecule has 0 spiro atoms. The molecule has 1 unspecified atom stereocenters. The van der Waals surface area contributed by atoms with Crippen molar-refractivity contribution in [2.45, 2.75) is 31.9 Å². The fourth-order valence-electron chi connectivity index (χ4n) is 2.43. The molecule has 1 amide bonds. The van der Waals surface area contributed by atoms with Crippen LogP contribution in [0.25, 0.3) is 0 Å². The van der Waals surface area contributed by atoms with E-state index in [4.69, 9.17) is 5.11 Å². The number of carbonyl (C=O) groups is 1. The number of carboxylic acid groups (broad SMARTS) is 1. The summed E-state index contributed by atoms with van der Waals surface area (Å²) in [6.07, 6.45) is -0.525. The molecule has 92 valence electrons. The quantitative estimate of drug-likeness (QED) is 0.782. The van der Waals surface area contributed by atoms with E-state index in [9.17, 15) is 9.90 Å². The summed E-state index contributed by atoms with van der Waals surface area (Å²) >= 11 is 0. The van der Waals surface area contributed by atoms with Crippen molar-refractivity contribution < 1.29 is 15.0 Å². The van der Waals surface area contributed by atoms with Gasteiger partial charge in [0.1, 0.15) is 5.60 Å². The van der Waals surface area contributed by atoms with E-state index in [0.29, 0.717) is 6.42 Å². The van der Waals surface area contributed by atoms with Crippen molar-refractivity contribution >= 4 is 6.09 Å². The van der Waals surface area contributed by atoms with Gasteiger partial charge in [0.25, 0.3) is 0 Å². The molecule has 0 aromatic heterocycles. The highest BCUT2D eigenvalue weighted by molar-refractivity contribution is 5.66. The fraction of sp³-hybridized carbons (Fsp3) is 0.462. The minimum absolute atomic E-state index is 0.145. The lowest BCUT2D eigenvalue weighted by Gasteiger charge is -2.23. The molecule has 4 heteroatoms. The normalized spacial score (nSPS) is 28.4. The average Bonchev–Trinajstić information content (AvgIpc) is 2.56. The lowest BCUT2D eigenvalue weighted by molar-refractivity contribution is 0.0458. The molecule has 1 fully saturated rings. The van der Waals surface area contributed by atoms with Crippen molar-refractivity contribution in [2.24, 2.45) is 0 Å². The molecule has 2 rings (SSSR count). The third-order valence-corrected chi connectivity index (χ3v) is 3.43. The van der Waals surface area contributed by atoms with Gasteiger partial charge in [0.2, 0.25) is 0 Å². The molecular formula is C13H17NO3. The average molecular weight is 235 g/mol. The molecule has 17 heavy (non-hydrogen) atoms. The lowest BCUT2D eigenvalue weighted by Crippen LogP contribution is -2.35. The number of amides is 1. The summed E-state index contributed by atoms with van der Waals surface area (Å²) in [6, 6.07) is 7.45. The zero-order chi connectivity index (χ0) is 12.6. The number of β-amino-alcohol motifs (C(OH)–C–C–N with tert-alkyl or cyclic N) is 1. The monoisotopic (exact) mass is 235 g/mol. The maximum absolute atomic E-state index is 11.0. The topological polar surface area (TPSA) is 60.8 Å². The highest BCUT2D eigenvalue weighted by Crippen LogP contribution is 2.35. The molecule has 0 saturated carbocycles. The van der Waals surface area contributed by atoms with Gasteiger partial charge >= 0.3 is 6.09 Å². The Morgan fingerprint density at radius 2 is 2.00 bits per heavy atom. The second kappa shape index (κ2) is 4.04. The third-order valence-electron chi connectivity index (χ3n) is 3.43. The molecule has 1 heterocycles. The smallest absolute Gasteiger partial charge is 0.407 e. The lowest BCUT2D eigenvalue weighted by atomic mass is 9.91. The van der Waals surface area contributed by atoms with E-state index in [1.54, 1.807) is 0 Å². The van der Waals surface area contributed by atoms with Gasteiger partial charge in [-0.3, -0.25) is 0 Å². The van der Waals surface area contributed by atoms with E-state index in [1.807, 2.05) is 38.1 Å². The molecule has 1 aromatic carbocycles. The first-order valence-electron chi connectivity index (χ1n) is 5.71. The van der Waals surface area contributed by atoms with Crippen molar-refractivity contribution in [2.75, 3.05) is 6.54 Å². The van der Waals surface area contributed by atoms with Gasteiger partial charge in [-0.2, -0.15) is 0 Å². The van der Waals surface area contributed by atoms with E-state index < -0.39 is 11.7 Å². The standard InChI is InChI=1S/C13H17NO3/c1-9-3-5-11(6-4-9)13(17)7-10(2)14(8-13)12(15)16/h3-6,10,17H,7-8H2,1-2H3,(H,15,16)/t10-,13?/m1/s1. The van der Waals surface area contributed by atoms with Crippen molar-refractivity contribution in [3.8, 4) is 0 Å². The summed E-state index contributed by atoms with van der Waals surface area (Å²) in [7, 11) is 0. The number of rotatable bonds is 1. The summed E-state index contributed by atoms with van der Waals surface area (Å²) < 4.78 is 0. The van der Waals surface area contributed by atoms with E-state index in [-0.39, 0.29) is 12.6 Å². The Hall–Kier alpha value is -1.55. The molecule has 0 radical (unpaired) electrons. The Kier molecular flexibility index (Phi) is 2.83.